The van der Waals surface area contributed by atoms with Gasteiger partial charge in [0.1, 0.15) is 11.6 Å². The number of aromatic amines is 2. The zero-order valence-corrected chi connectivity index (χ0v) is 49.3. The van der Waals surface area contributed by atoms with Crippen LogP contribution in [-0.2, 0) is 29.1 Å². The highest BCUT2D eigenvalue weighted by Gasteiger charge is 2.45. The van der Waals surface area contributed by atoms with Gasteiger partial charge < -0.3 is 40.2 Å². The van der Waals surface area contributed by atoms with Crippen LogP contribution >= 0.6 is 0 Å². The van der Waals surface area contributed by atoms with E-state index in [0.717, 1.165) is 108 Å². The van der Waals surface area contributed by atoms with Gasteiger partial charge in [0.05, 0.1) is 0 Å². The molecule has 4 fully saturated rings. The van der Waals surface area contributed by atoms with Crippen molar-refractivity contribution >= 4 is 46.6 Å². The number of carbonyl (C=O) groups excluding carboxylic acids is 4. The predicted octanol–water partition coefficient (Wildman–Crippen LogP) is 8.49. The van der Waals surface area contributed by atoms with Gasteiger partial charge in [-0.25, -0.2) is 9.97 Å². The average Bonchev–Trinajstić information content (AvgIpc) is 4.53. The molecule has 17 nitrogen and oxygen atoms in total. The topological polar surface area (TPSA) is 200 Å². The third-order valence-electron chi connectivity index (χ3n) is 17.2. The summed E-state index contributed by atoms with van der Waals surface area (Å²) in [6.45, 7) is 20.6. The van der Waals surface area contributed by atoms with Crippen molar-refractivity contribution in [3.05, 3.63) is 149 Å². The van der Waals surface area contributed by atoms with Gasteiger partial charge in [-0.3, -0.25) is 33.7 Å². The molecule has 2 aromatic carbocycles. The molecule has 2 atom stereocenters. The molecule has 3 aliphatic carbocycles. The van der Waals surface area contributed by atoms with Gasteiger partial charge in [-0.1, -0.05) is 0 Å². The van der Waals surface area contributed by atoms with Crippen LogP contribution < -0.4 is 41.4 Å². The molecule has 0 spiro atoms. The number of nitrogens with one attached hydrogen (secondary N) is 4. The number of nitrogens with zero attached hydrogens (tertiary/aromatic N) is 7. The van der Waals surface area contributed by atoms with E-state index in [2.05, 4.69) is 36.5 Å². The molecule has 6 aromatic rings. The highest BCUT2D eigenvalue weighted by Crippen LogP contribution is 2.45. The summed E-state index contributed by atoms with van der Waals surface area (Å²) in [6.07, 6.45) is 7.17. The number of aromatic nitrogens is 4. The molecule has 17 heteroatoms. The first-order chi connectivity index (χ1) is 39.3. The summed E-state index contributed by atoms with van der Waals surface area (Å²) < 4.78 is 0. The molecule has 0 bridgehead atoms. The van der Waals surface area contributed by atoms with Gasteiger partial charge in [0.2, 0.25) is 11.8 Å². The Bertz CT molecular complexity index is 3590. The van der Waals surface area contributed by atoms with Gasteiger partial charge >= 0.3 is 0 Å². The molecule has 430 valence electrons. The number of piperazine rings is 1. The predicted molar refractivity (Wildman–Crippen MR) is 324 cm³/mol. The number of hydrogen-bond acceptors (Lipinski definition) is 11. The number of aryl methyl sites for hydroxylation is 4. The Morgan fingerprint density at radius 2 is 1.27 bits per heavy atom. The fraction of sp³-hybridized carbons (Fsp3) is 0.446. The van der Waals surface area contributed by atoms with Crippen LogP contribution in [0, 0.1) is 65.2 Å². The molecule has 1 aliphatic heterocycles. The Balaban J connectivity index is 0.904. The van der Waals surface area contributed by atoms with Crippen LogP contribution in [0.15, 0.2) is 76.4 Å². The lowest BCUT2D eigenvalue weighted by Gasteiger charge is -2.35. The summed E-state index contributed by atoms with van der Waals surface area (Å²) >= 11 is 0. The first-order valence-electron chi connectivity index (χ1n) is 29.3. The number of pyridine rings is 4. The monoisotopic (exact) mass is 1110 g/mol. The SMILES string of the molecule is CCN(C(=O)C1CC1)c1cc(-c2ccc(N(C)C)nc2C)cc(C(=O)NCc2c(CC3CC3C(=O)N(CC)c3cc(-c4ccnc(N5CCN(CC6CC6)CC5)c4)cc(C(=O)NCc4c(C)cc(C)[nH]c4=O)c3C)cc(C)[nH]c2=O)c1C. The van der Waals surface area contributed by atoms with Crippen molar-refractivity contribution in [3.8, 4) is 22.3 Å². The molecule has 82 heavy (non-hydrogen) atoms. The highest BCUT2D eigenvalue weighted by molar-refractivity contribution is 6.04. The van der Waals surface area contributed by atoms with E-state index >= 15 is 4.79 Å². The van der Waals surface area contributed by atoms with Crippen LogP contribution in [0.3, 0.4) is 0 Å². The van der Waals surface area contributed by atoms with E-state index in [-0.39, 0.29) is 65.6 Å². The Kier molecular flexibility index (Phi) is 16.7. The number of H-pyrrole nitrogens is 2. The lowest BCUT2D eigenvalue weighted by molar-refractivity contribution is -0.120. The lowest BCUT2D eigenvalue weighted by atomic mass is 9.95. The number of rotatable bonds is 20. The largest absolute Gasteiger partial charge is 0.363 e. The third kappa shape index (κ3) is 12.4. The second kappa shape index (κ2) is 23.9. The normalized spacial score (nSPS) is 16.9. The quantitative estimate of drug-likeness (QED) is 0.0572. The second-order valence-corrected chi connectivity index (χ2v) is 23.5. The molecule has 4 amide bonds. The van der Waals surface area contributed by atoms with E-state index < -0.39 is 0 Å². The van der Waals surface area contributed by atoms with E-state index in [0.29, 0.717) is 76.4 Å². The zero-order valence-electron chi connectivity index (χ0n) is 49.3. The Hall–Kier alpha value is -7.92. The number of carbonyl (C=O) groups is 4. The van der Waals surface area contributed by atoms with Crippen molar-refractivity contribution in [2.75, 3.05) is 79.5 Å². The number of benzene rings is 2. The van der Waals surface area contributed by atoms with Gasteiger partial charge in [-0.2, -0.15) is 0 Å². The molecule has 4 N–H and O–H groups in total. The van der Waals surface area contributed by atoms with E-state index in [1.807, 2.05) is 129 Å². The van der Waals surface area contributed by atoms with Crippen molar-refractivity contribution in [1.82, 2.24) is 35.5 Å². The number of anilines is 4. The fourth-order valence-corrected chi connectivity index (χ4v) is 11.9. The molecule has 4 aromatic heterocycles. The second-order valence-electron chi connectivity index (χ2n) is 23.5. The number of hydrogen-bond donors (Lipinski definition) is 4. The maximum Gasteiger partial charge on any atom is 0.253 e. The molecule has 10 rings (SSSR count). The highest BCUT2D eigenvalue weighted by atomic mass is 16.2. The minimum Gasteiger partial charge on any atom is -0.363 e. The van der Waals surface area contributed by atoms with Crippen LogP contribution in [0.5, 0.6) is 0 Å². The van der Waals surface area contributed by atoms with Crippen molar-refractivity contribution in [2.24, 2.45) is 23.7 Å². The van der Waals surface area contributed by atoms with Crippen molar-refractivity contribution in [3.63, 3.8) is 0 Å². The minimum atomic E-state index is -0.385. The van der Waals surface area contributed by atoms with Crippen LogP contribution in [0.1, 0.15) is 117 Å². The maximum atomic E-state index is 15.0. The lowest BCUT2D eigenvalue weighted by Crippen LogP contribution is -2.47. The smallest absolute Gasteiger partial charge is 0.253 e. The van der Waals surface area contributed by atoms with Gasteiger partial charge in [0, 0.05) is 147 Å². The van der Waals surface area contributed by atoms with E-state index in [4.69, 9.17) is 9.97 Å². The summed E-state index contributed by atoms with van der Waals surface area (Å²) in [4.78, 5) is 110. The molecule has 5 heterocycles. The van der Waals surface area contributed by atoms with Gasteiger partial charge in [-0.15, -0.1) is 0 Å². The first-order valence-corrected chi connectivity index (χ1v) is 29.3. The molecule has 3 saturated carbocycles. The van der Waals surface area contributed by atoms with Crippen LogP contribution in [-0.4, -0.2) is 108 Å². The van der Waals surface area contributed by atoms with Crippen LogP contribution in [0.25, 0.3) is 22.3 Å². The van der Waals surface area contributed by atoms with Crippen LogP contribution in [0.4, 0.5) is 23.0 Å². The van der Waals surface area contributed by atoms with Gasteiger partial charge in [0.15, 0.2) is 0 Å². The molecule has 2 unspecified atom stereocenters. The van der Waals surface area contributed by atoms with Gasteiger partial charge in [0.25, 0.3) is 22.9 Å². The minimum absolute atomic E-state index is 0.0249. The molecule has 4 aliphatic rings. The molecule has 1 saturated heterocycles. The third-order valence-corrected chi connectivity index (χ3v) is 17.2. The average molecular weight is 1110 g/mol. The van der Waals surface area contributed by atoms with Crippen molar-refractivity contribution in [1.29, 1.82) is 0 Å². The van der Waals surface area contributed by atoms with Crippen LogP contribution in [0.2, 0.25) is 0 Å². The summed E-state index contributed by atoms with van der Waals surface area (Å²) in [5.74, 6) is 1.22. The standard InChI is InChI=1S/C65H79N11O6/c1-11-75(64(81)44-15-16-44)57-32-49(50-17-18-58(72(9)10)71-42(50)8)29-52(41(57)7)61(78)68-35-55-47(26-39(5)70-63(55)80)27-48-30-53(48)65(82)76(12-2)56-31-46(28-51(40(56)6)60(77)67-34-54-37(3)25-38(4)69-62(54)79)45-19-20-66-59(33-45)74-23-21-73(22-24-74)36-43-13-14-43/h17-20,25-26,28-29,31-33,43-44,48,53H,11-16,21-24,27,30,34-36H2,1-10H3,(H,67,77)(H,68,78)(H,69,79)(H,70,80). The Labute approximate surface area is 480 Å². The maximum absolute atomic E-state index is 15.0. The fourth-order valence-electron chi connectivity index (χ4n) is 11.9. The molecular formula is C65H79N11O6. The molecule has 0 radical (unpaired) electrons. The first kappa shape index (κ1) is 57.3. The van der Waals surface area contributed by atoms with Crippen molar-refractivity contribution in [2.45, 2.75) is 107 Å². The van der Waals surface area contributed by atoms with Crippen molar-refractivity contribution < 1.29 is 19.2 Å². The summed E-state index contributed by atoms with van der Waals surface area (Å²) in [5, 5.41) is 6.10. The molecular weight excluding hydrogens is 1030 g/mol. The number of amides is 4. The van der Waals surface area contributed by atoms with Gasteiger partial charge in [-0.05, 0) is 205 Å². The summed E-state index contributed by atoms with van der Waals surface area (Å²) in [6, 6.07) is 19.4. The van der Waals surface area contributed by atoms with E-state index in [9.17, 15) is 24.0 Å². The van der Waals surface area contributed by atoms with E-state index in [1.165, 1.54) is 12.8 Å². The summed E-state index contributed by atoms with van der Waals surface area (Å²) in [5.41, 5.74) is 10.6. The Morgan fingerprint density at radius 3 is 1.87 bits per heavy atom. The van der Waals surface area contributed by atoms with E-state index in [1.54, 1.807) is 16.0 Å². The Morgan fingerprint density at radius 1 is 0.671 bits per heavy atom. The zero-order chi connectivity index (χ0) is 58.3. The summed E-state index contributed by atoms with van der Waals surface area (Å²) in [7, 11) is 3.87.